The first-order chi connectivity index (χ1) is 13.3. The van der Waals surface area contributed by atoms with Crippen LogP contribution < -0.4 is 0 Å². The van der Waals surface area contributed by atoms with E-state index in [2.05, 4.69) is 29.2 Å². The van der Waals surface area contributed by atoms with Crippen LogP contribution in [0.3, 0.4) is 0 Å². The Morgan fingerprint density at radius 3 is 1.96 bits per heavy atom. The first-order valence-electron chi connectivity index (χ1n) is 9.87. The highest BCUT2D eigenvalue weighted by Gasteiger charge is 2.53. The molecule has 1 aliphatic rings. The van der Waals surface area contributed by atoms with Crippen LogP contribution in [0.4, 0.5) is 4.79 Å². The van der Waals surface area contributed by atoms with Crippen molar-refractivity contribution in [3.05, 3.63) is 71.8 Å². The number of quaternary nitrogens is 1. The Morgan fingerprint density at radius 2 is 1.57 bits per heavy atom. The molecule has 1 saturated heterocycles. The number of carboxylic acid groups (broad SMARTS) is 1. The Bertz CT molecular complexity index is 749. The largest absolute Gasteiger partial charge is 0.514 e. The predicted molar refractivity (Wildman–Crippen MR) is 110 cm³/mol. The van der Waals surface area contributed by atoms with Gasteiger partial charge in [0.1, 0.15) is 18.6 Å². The van der Waals surface area contributed by atoms with Gasteiger partial charge in [-0.05, 0) is 31.9 Å². The fourth-order valence-corrected chi connectivity index (χ4v) is 4.44. The molecule has 1 amide bonds. The number of aliphatic hydroxyl groups is 1. The van der Waals surface area contributed by atoms with Crippen LogP contribution in [0.5, 0.6) is 0 Å². The van der Waals surface area contributed by atoms with Gasteiger partial charge >= 0.3 is 6.09 Å². The molecular formula is C23H31N2O3+. The van der Waals surface area contributed by atoms with E-state index in [4.69, 9.17) is 0 Å². The minimum absolute atomic E-state index is 0.0180. The maximum atomic E-state index is 12.3. The average molecular weight is 384 g/mol. The van der Waals surface area contributed by atoms with Gasteiger partial charge in [-0.3, -0.25) is 4.90 Å². The van der Waals surface area contributed by atoms with Gasteiger partial charge in [-0.2, -0.15) is 4.79 Å². The maximum absolute atomic E-state index is 12.3. The smallest absolute Gasteiger partial charge is 0.435 e. The van der Waals surface area contributed by atoms with Gasteiger partial charge in [-0.1, -0.05) is 60.7 Å². The van der Waals surface area contributed by atoms with Gasteiger partial charge in [-0.15, -0.1) is 0 Å². The Labute approximate surface area is 167 Å². The summed E-state index contributed by atoms with van der Waals surface area (Å²) in [5.41, 5.74) is 1.86. The number of rotatable bonds is 4. The molecule has 1 aliphatic heterocycles. The highest BCUT2D eigenvalue weighted by atomic mass is 16.4. The van der Waals surface area contributed by atoms with Crippen molar-refractivity contribution in [2.45, 2.75) is 38.4 Å². The molecule has 28 heavy (non-hydrogen) atoms. The molecule has 5 heteroatoms. The standard InChI is InChI=1S/C23H30N2O3/c1-23(2,3)25(22(27)28)15-14-24(20(16-25)17-26)21(18-10-6-4-7-11-18)19-12-8-5-9-13-19/h4-13,20-21,26H,14-17H2,1-3H3/p+1. The quantitative estimate of drug-likeness (QED) is 0.790. The van der Waals surface area contributed by atoms with E-state index in [-0.39, 0.29) is 23.2 Å². The lowest BCUT2D eigenvalue weighted by atomic mass is 9.92. The van der Waals surface area contributed by atoms with Crippen molar-refractivity contribution in [1.82, 2.24) is 4.90 Å². The van der Waals surface area contributed by atoms with Crippen molar-refractivity contribution < 1.29 is 19.5 Å². The van der Waals surface area contributed by atoms with Gasteiger partial charge in [-0.25, -0.2) is 4.48 Å². The second-order valence-electron chi connectivity index (χ2n) is 8.63. The number of amides is 1. The minimum Gasteiger partial charge on any atom is -0.435 e. The van der Waals surface area contributed by atoms with Crippen molar-refractivity contribution >= 4 is 6.09 Å². The SMILES string of the molecule is CC(C)(C)[N+]1(C(=O)O)CCN(C(c2ccccc2)c2ccccc2)C(CO)C1. The Kier molecular flexibility index (Phi) is 5.89. The van der Waals surface area contributed by atoms with Gasteiger partial charge in [0, 0.05) is 6.54 Å². The Hall–Kier alpha value is -2.21. The summed E-state index contributed by atoms with van der Waals surface area (Å²) in [6, 6.07) is 20.2. The molecule has 2 atom stereocenters. The summed E-state index contributed by atoms with van der Waals surface area (Å²) in [5.74, 6) is 0. The lowest BCUT2D eigenvalue weighted by Crippen LogP contribution is -2.73. The molecule has 0 aromatic heterocycles. The lowest BCUT2D eigenvalue weighted by Gasteiger charge is -2.52. The van der Waals surface area contributed by atoms with E-state index in [1.165, 1.54) is 0 Å². The monoisotopic (exact) mass is 383 g/mol. The number of piperazine rings is 1. The number of hydrogen-bond donors (Lipinski definition) is 2. The topological polar surface area (TPSA) is 60.8 Å². The highest BCUT2D eigenvalue weighted by molar-refractivity contribution is 5.57. The molecular weight excluding hydrogens is 352 g/mol. The molecule has 0 bridgehead atoms. The third-order valence-electron chi connectivity index (χ3n) is 6.15. The van der Waals surface area contributed by atoms with Crippen LogP contribution in [0, 0.1) is 0 Å². The van der Waals surface area contributed by atoms with E-state index in [1.54, 1.807) is 0 Å². The van der Waals surface area contributed by atoms with Gasteiger partial charge in [0.15, 0.2) is 0 Å². The van der Waals surface area contributed by atoms with Crippen LogP contribution in [0.2, 0.25) is 0 Å². The third-order valence-corrected chi connectivity index (χ3v) is 6.15. The zero-order valence-electron chi connectivity index (χ0n) is 17.0. The summed E-state index contributed by atoms with van der Waals surface area (Å²) in [7, 11) is 0. The molecule has 5 nitrogen and oxygen atoms in total. The fourth-order valence-electron chi connectivity index (χ4n) is 4.44. The Balaban J connectivity index is 2.02. The molecule has 0 saturated carbocycles. The second-order valence-corrected chi connectivity index (χ2v) is 8.63. The van der Waals surface area contributed by atoms with Crippen molar-refractivity contribution in [2.24, 2.45) is 0 Å². The summed E-state index contributed by atoms with van der Waals surface area (Å²) in [6.07, 6.45) is -0.818. The van der Waals surface area contributed by atoms with E-state index in [9.17, 15) is 15.0 Å². The predicted octanol–water partition coefficient (Wildman–Crippen LogP) is 3.75. The molecule has 150 valence electrons. The fraction of sp³-hybridized carbons (Fsp3) is 0.435. The lowest BCUT2D eigenvalue weighted by molar-refractivity contribution is -0.910. The van der Waals surface area contributed by atoms with Gasteiger partial charge < -0.3 is 10.2 Å². The first kappa shape index (κ1) is 20.5. The van der Waals surface area contributed by atoms with Crippen LogP contribution in [-0.2, 0) is 0 Å². The van der Waals surface area contributed by atoms with Crippen LogP contribution in [0.15, 0.2) is 60.7 Å². The van der Waals surface area contributed by atoms with Crippen molar-refractivity contribution in [3.63, 3.8) is 0 Å². The van der Waals surface area contributed by atoms with Gasteiger partial charge in [0.2, 0.25) is 0 Å². The minimum atomic E-state index is -0.818. The van der Waals surface area contributed by atoms with Crippen molar-refractivity contribution in [3.8, 4) is 0 Å². The molecule has 1 heterocycles. The molecule has 0 aliphatic carbocycles. The number of carbonyl (C=O) groups is 1. The van der Waals surface area contributed by atoms with Gasteiger partial charge in [0.05, 0.1) is 18.7 Å². The Morgan fingerprint density at radius 1 is 1.07 bits per heavy atom. The molecule has 2 aromatic rings. The normalized spacial score (nSPS) is 23.7. The summed E-state index contributed by atoms with van der Waals surface area (Å²) in [6.45, 7) is 7.32. The average Bonchev–Trinajstić information content (AvgIpc) is 2.69. The third kappa shape index (κ3) is 3.70. The molecule has 2 N–H and O–H groups in total. The summed E-state index contributed by atoms with van der Waals surface area (Å²) >= 11 is 0. The molecule has 0 radical (unpaired) electrons. The van der Waals surface area contributed by atoms with E-state index in [1.807, 2.05) is 57.2 Å². The number of benzene rings is 2. The van der Waals surface area contributed by atoms with Crippen molar-refractivity contribution in [2.75, 3.05) is 26.2 Å². The van der Waals surface area contributed by atoms with Gasteiger partial charge in [0.25, 0.3) is 0 Å². The molecule has 1 fully saturated rings. The zero-order chi connectivity index (χ0) is 20.4. The second kappa shape index (κ2) is 8.03. The number of hydrogen-bond acceptors (Lipinski definition) is 3. The molecule has 2 aromatic carbocycles. The summed E-state index contributed by atoms with van der Waals surface area (Å²) in [5, 5.41) is 20.3. The maximum Gasteiger partial charge on any atom is 0.514 e. The number of nitrogens with zero attached hydrogens (tertiary/aromatic N) is 2. The van der Waals surface area contributed by atoms with E-state index in [0.717, 1.165) is 11.1 Å². The molecule has 2 unspecified atom stereocenters. The summed E-state index contributed by atoms with van der Waals surface area (Å²) in [4.78, 5) is 14.5. The van der Waals surface area contributed by atoms with Crippen LogP contribution in [0.1, 0.15) is 37.9 Å². The van der Waals surface area contributed by atoms with E-state index in [0.29, 0.717) is 19.6 Å². The summed E-state index contributed by atoms with van der Waals surface area (Å²) < 4.78 is -0.0367. The van der Waals surface area contributed by atoms with Crippen LogP contribution in [0.25, 0.3) is 0 Å². The molecule has 3 rings (SSSR count). The van der Waals surface area contributed by atoms with Crippen LogP contribution >= 0.6 is 0 Å². The first-order valence-corrected chi connectivity index (χ1v) is 9.87. The molecule has 0 spiro atoms. The number of aliphatic hydroxyl groups excluding tert-OH is 1. The van der Waals surface area contributed by atoms with E-state index < -0.39 is 11.6 Å². The van der Waals surface area contributed by atoms with Crippen molar-refractivity contribution in [1.29, 1.82) is 0 Å². The zero-order valence-corrected chi connectivity index (χ0v) is 17.0. The highest BCUT2D eigenvalue weighted by Crippen LogP contribution is 2.36. The van der Waals surface area contributed by atoms with E-state index >= 15 is 0 Å². The van der Waals surface area contributed by atoms with Crippen LogP contribution in [-0.4, -0.2) is 63.5 Å².